The van der Waals surface area contributed by atoms with Gasteiger partial charge in [-0.2, -0.15) is 0 Å². The lowest BCUT2D eigenvalue weighted by atomic mass is 9.64. The van der Waals surface area contributed by atoms with Crippen LogP contribution in [0.2, 0.25) is 0 Å². The number of aryl methyl sites for hydroxylation is 2. The van der Waals surface area contributed by atoms with Crippen LogP contribution in [0, 0.1) is 13.8 Å². The zero-order valence-electron chi connectivity index (χ0n) is 16.3. The summed E-state index contributed by atoms with van der Waals surface area (Å²) in [6, 6.07) is 36.1. The van der Waals surface area contributed by atoms with Crippen molar-refractivity contribution in [2.75, 3.05) is 0 Å². The lowest BCUT2D eigenvalue weighted by molar-refractivity contribution is 0.466. The molecular formula is C27H24O. The highest BCUT2D eigenvalue weighted by Crippen LogP contribution is 2.46. The number of hydrogen-bond donors (Lipinski definition) is 1. The van der Waals surface area contributed by atoms with Gasteiger partial charge in [0.05, 0.1) is 5.41 Å². The average molecular weight is 364 g/mol. The highest BCUT2D eigenvalue weighted by molar-refractivity contribution is 5.61. The van der Waals surface area contributed by atoms with Gasteiger partial charge in [-0.05, 0) is 47.2 Å². The van der Waals surface area contributed by atoms with Crippen LogP contribution in [0.15, 0.2) is 103 Å². The molecule has 0 radical (unpaired) electrons. The van der Waals surface area contributed by atoms with E-state index in [4.69, 9.17) is 0 Å². The lowest BCUT2D eigenvalue weighted by Crippen LogP contribution is -2.31. The molecule has 0 amide bonds. The van der Waals surface area contributed by atoms with Crippen molar-refractivity contribution in [1.82, 2.24) is 0 Å². The molecule has 0 aliphatic carbocycles. The summed E-state index contributed by atoms with van der Waals surface area (Å²) >= 11 is 0. The van der Waals surface area contributed by atoms with Gasteiger partial charge in [0.2, 0.25) is 0 Å². The predicted molar refractivity (Wildman–Crippen MR) is 116 cm³/mol. The van der Waals surface area contributed by atoms with Gasteiger partial charge in [-0.1, -0.05) is 103 Å². The number of hydrogen-bond acceptors (Lipinski definition) is 1. The van der Waals surface area contributed by atoms with Crippen LogP contribution < -0.4 is 0 Å². The third kappa shape index (κ3) is 2.90. The number of phenols is 1. The monoisotopic (exact) mass is 364 g/mol. The summed E-state index contributed by atoms with van der Waals surface area (Å²) in [5.74, 6) is 0.367. The van der Waals surface area contributed by atoms with Gasteiger partial charge in [-0.3, -0.25) is 0 Å². The van der Waals surface area contributed by atoms with Crippen LogP contribution in [-0.4, -0.2) is 5.11 Å². The van der Waals surface area contributed by atoms with Crippen molar-refractivity contribution >= 4 is 0 Å². The summed E-state index contributed by atoms with van der Waals surface area (Å²) in [4.78, 5) is 0. The average Bonchev–Trinajstić information content (AvgIpc) is 2.75. The molecule has 1 nitrogen and oxygen atoms in total. The molecule has 1 N–H and O–H groups in total. The molecule has 4 rings (SSSR count). The fraction of sp³-hybridized carbons (Fsp3) is 0.111. The SMILES string of the molecule is Cc1cc(C(c2ccccc2)(c2ccccc2)c2ccccc2)cc(C)c1O. The third-order valence-corrected chi connectivity index (χ3v) is 5.54. The Bertz CT molecular complexity index is 947. The van der Waals surface area contributed by atoms with Gasteiger partial charge in [0.25, 0.3) is 0 Å². The fourth-order valence-electron chi connectivity index (χ4n) is 4.24. The van der Waals surface area contributed by atoms with Crippen molar-refractivity contribution in [3.63, 3.8) is 0 Å². The molecule has 0 heterocycles. The van der Waals surface area contributed by atoms with E-state index < -0.39 is 5.41 Å². The third-order valence-electron chi connectivity index (χ3n) is 5.54. The molecule has 0 spiro atoms. The fourth-order valence-corrected chi connectivity index (χ4v) is 4.24. The zero-order valence-corrected chi connectivity index (χ0v) is 16.3. The minimum Gasteiger partial charge on any atom is -0.507 e. The molecule has 0 unspecified atom stereocenters. The van der Waals surface area contributed by atoms with E-state index in [1.807, 2.05) is 13.8 Å². The molecule has 1 heteroatoms. The van der Waals surface area contributed by atoms with Crippen molar-refractivity contribution in [3.05, 3.63) is 137 Å². The Labute approximate surface area is 166 Å². The Morgan fingerprint density at radius 3 is 1.14 bits per heavy atom. The second kappa shape index (κ2) is 7.36. The van der Waals surface area contributed by atoms with Crippen molar-refractivity contribution < 1.29 is 5.11 Å². The molecule has 0 aliphatic heterocycles. The summed E-state index contributed by atoms with van der Waals surface area (Å²) in [7, 11) is 0. The second-order valence-corrected chi connectivity index (χ2v) is 7.31. The van der Waals surface area contributed by atoms with Gasteiger partial charge >= 0.3 is 0 Å². The Balaban J connectivity index is 2.17. The smallest absolute Gasteiger partial charge is 0.121 e. The molecular weight excluding hydrogens is 340 g/mol. The van der Waals surface area contributed by atoms with Crippen molar-refractivity contribution in [2.45, 2.75) is 19.3 Å². The molecule has 0 saturated heterocycles. The molecule has 0 fully saturated rings. The Hall–Kier alpha value is -3.32. The first-order valence-corrected chi connectivity index (χ1v) is 9.61. The number of phenolic OH excluding ortho intramolecular Hbond substituents is 1. The lowest BCUT2D eigenvalue weighted by Gasteiger charge is -2.37. The highest BCUT2D eigenvalue weighted by Gasteiger charge is 2.38. The van der Waals surface area contributed by atoms with E-state index >= 15 is 0 Å². The number of benzene rings is 4. The standard InChI is InChI=1S/C27H24O/c1-20-18-25(19-21(2)26(20)28)27(22-12-6-3-7-13-22,23-14-8-4-9-15-23)24-16-10-5-11-17-24/h3-19,28H,1-2H3. The molecule has 0 bridgehead atoms. The number of aromatic hydroxyl groups is 1. The predicted octanol–water partition coefficient (Wildman–Crippen LogP) is 6.39. The molecule has 0 aromatic heterocycles. The van der Waals surface area contributed by atoms with Crippen LogP contribution in [0.25, 0.3) is 0 Å². The minimum atomic E-state index is -0.465. The Kier molecular flexibility index (Phi) is 4.75. The zero-order chi connectivity index (χ0) is 19.6. The van der Waals surface area contributed by atoms with E-state index in [0.29, 0.717) is 5.75 Å². The maximum absolute atomic E-state index is 10.4. The van der Waals surface area contributed by atoms with Gasteiger partial charge in [0.1, 0.15) is 5.75 Å². The minimum absolute atomic E-state index is 0.367. The van der Waals surface area contributed by atoms with Gasteiger partial charge in [0, 0.05) is 0 Å². The van der Waals surface area contributed by atoms with Gasteiger partial charge in [0.15, 0.2) is 0 Å². The summed E-state index contributed by atoms with van der Waals surface area (Å²) in [5, 5.41) is 10.4. The highest BCUT2D eigenvalue weighted by atomic mass is 16.3. The van der Waals surface area contributed by atoms with E-state index in [1.165, 1.54) is 16.7 Å². The van der Waals surface area contributed by atoms with Crippen LogP contribution in [-0.2, 0) is 5.41 Å². The summed E-state index contributed by atoms with van der Waals surface area (Å²) in [6.07, 6.45) is 0. The van der Waals surface area contributed by atoms with Gasteiger partial charge in [-0.15, -0.1) is 0 Å². The van der Waals surface area contributed by atoms with E-state index in [2.05, 4.69) is 103 Å². The first kappa shape index (κ1) is 18.1. The van der Waals surface area contributed by atoms with Crippen LogP contribution in [0.5, 0.6) is 5.75 Å². The van der Waals surface area contributed by atoms with E-state index in [-0.39, 0.29) is 0 Å². The molecule has 4 aromatic rings. The van der Waals surface area contributed by atoms with Gasteiger partial charge in [-0.25, -0.2) is 0 Å². The van der Waals surface area contributed by atoms with E-state index in [9.17, 15) is 5.11 Å². The first-order valence-electron chi connectivity index (χ1n) is 9.61. The first-order chi connectivity index (χ1) is 13.6. The summed E-state index contributed by atoms with van der Waals surface area (Å²) in [5.41, 5.74) is 6.09. The van der Waals surface area contributed by atoms with Crippen molar-refractivity contribution in [1.29, 1.82) is 0 Å². The van der Waals surface area contributed by atoms with Crippen LogP contribution in [0.3, 0.4) is 0 Å². The molecule has 138 valence electrons. The maximum atomic E-state index is 10.4. The largest absolute Gasteiger partial charge is 0.507 e. The molecule has 0 atom stereocenters. The number of rotatable bonds is 4. The van der Waals surface area contributed by atoms with Crippen LogP contribution >= 0.6 is 0 Å². The van der Waals surface area contributed by atoms with E-state index in [1.54, 1.807) is 0 Å². The Morgan fingerprint density at radius 2 is 0.821 bits per heavy atom. The molecule has 0 saturated carbocycles. The molecule has 28 heavy (non-hydrogen) atoms. The topological polar surface area (TPSA) is 20.2 Å². The molecule has 0 aliphatic rings. The summed E-state index contributed by atoms with van der Waals surface area (Å²) < 4.78 is 0. The van der Waals surface area contributed by atoms with Crippen LogP contribution in [0.4, 0.5) is 0 Å². The van der Waals surface area contributed by atoms with E-state index in [0.717, 1.165) is 16.7 Å². The van der Waals surface area contributed by atoms with Gasteiger partial charge < -0.3 is 5.11 Å². The van der Waals surface area contributed by atoms with Crippen molar-refractivity contribution in [3.8, 4) is 5.75 Å². The van der Waals surface area contributed by atoms with Crippen molar-refractivity contribution in [2.24, 2.45) is 0 Å². The Morgan fingerprint density at radius 1 is 0.500 bits per heavy atom. The maximum Gasteiger partial charge on any atom is 0.121 e. The second-order valence-electron chi connectivity index (χ2n) is 7.31. The quantitative estimate of drug-likeness (QED) is 0.416. The summed E-state index contributed by atoms with van der Waals surface area (Å²) in [6.45, 7) is 3.94. The van der Waals surface area contributed by atoms with Crippen LogP contribution in [0.1, 0.15) is 33.4 Å². The normalized spacial score (nSPS) is 11.4. The molecule has 4 aromatic carbocycles.